The van der Waals surface area contributed by atoms with E-state index in [0.29, 0.717) is 24.3 Å². The largest absolute Gasteiger partial charge is 0.361 e. The van der Waals surface area contributed by atoms with Gasteiger partial charge < -0.3 is 15.5 Å². The van der Waals surface area contributed by atoms with Crippen LogP contribution in [0.25, 0.3) is 22.3 Å². The van der Waals surface area contributed by atoms with Crippen LogP contribution in [0.4, 0.5) is 11.6 Å². The second-order valence-corrected chi connectivity index (χ2v) is 9.44. The van der Waals surface area contributed by atoms with E-state index in [2.05, 4.69) is 68.0 Å². The van der Waals surface area contributed by atoms with E-state index >= 15 is 0 Å². The van der Waals surface area contributed by atoms with Gasteiger partial charge in [-0.1, -0.05) is 44.2 Å². The van der Waals surface area contributed by atoms with Crippen LogP contribution < -0.4 is 15.5 Å². The van der Waals surface area contributed by atoms with Crippen molar-refractivity contribution in [2.24, 2.45) is 5.92 Å². The second kappa shape index (κ2) is 9.77. The molecule has 1 aliphatic rings. The number of aryl methyl sites for hydroxylation is 1. The number of benzene rings is 2. The number of aromatic nitrogens is 5. The molecule has 2 aromatic carbocycles. The van der Waals surface area contributed by atoms with Crippen molar-refractivity contribution in [3.05, 3.63) is 59.8 Å². The van der Waals surface area contributed by atoms with Crippen molar-refractivity contribution >= 4 is 22.5 Å². The van der Waals surface area contributed by atoms with Gasteiger partial charge in [-0.25, -0.2) is 4.98 Å². The van der Waals surface area contributed by atoms with Crippen molar-refractivity contribution in [2.75, 3.05) is 29.9 Å². The Balaban J connectivity index is 1.48. The number of hydrogen-bond acceptors (Lipinski definition) is 7. The van der Waals surface area contributed by atoms with Crippen LogP contribution in [0.5, 0.6) is 0 Å². The number of fused-ring (bicyclic) bond motifs is 1. The molecule has 34 heavy (non-hydrogen) atoms. The summed E-state index contributed by atoms with van der Waals surface area (Å²) in [5, 5.41) is 24.7. The number of nitrogens with one attached hydrogen (secondary N) is 3. The number of H-pyrrole nitrogens is 1. The lowest BCUT2D eigenvalue weighted by Crippen LogP contribution is -2.51. The van der Waals surface area contributed by atoms with Crippen LogP contribution in [0.1, 0.15) is 31.5 Å². The minimum absolute atomic E-state index is 0.430. The summed E-state index contributed by atoms with van der Waals surface area (Å²) in [6.45, 7) is 9.92. The Morgan fingerprint density at radius 2 is 1.97 bits per heavy atom. The van der Waals surface area contributed by atoms with E-state index in [1.807, 2.05) is 37.3 Å². The van der Waals surface area contributed by atoms with Gasteiger partial charge in [0.05, 0.1) is 11.2 Å². The molecule has 1 saturated heterocycles. The second-order valence-electron chi connectivity index (χ2n) is 9.44. The topological polar surface area (TPSA) is 94.6 Å². The van der Waals surface area contributed by atoms with E-state index in [9.17, 15) is 0 Å². The number of nitrogens with zero attached hydrogens (tertiary/aromatic N) is 5. The normalized spacial score (nSPS) is 16.4. The van der Waals surface area contributed by atoms with Crippen molar-refractivity contribution in [3.63, 3.8) is 0 Å². The van der Waals surface area contributed by atoms with Crippen LogP contribution in [-0.2, 0) is 6.54 Å². The molecule has 0 unspecified atom stereocenters. The molecule has 8 nitrogen and oxygen atoms in total. The van der Waals surface area contributed by atoms with E-state index in [1.54, 1.807) is 0 Å². The Morgan fingerprint density at radius 3 is 2.79 bits per heavy atom. The van der Waals surface area contributed by atoms with Gasteiger partial charge in [-0.2, -0.15) is 5.10 Å². The van der Waals surface area contributed by atoms with Crippen LogP contribution >= 0.6 is 0 Å². The third kappa shape index (κ3) is 4.87. The Labute approximate surface area is 200 Å². The van der Waals surface area contributed by atoms with E-state index in [-0.39, 0.29) is 0 Å². The minimum atomic E-state index is 0.430. The Morgan fingerprint density at radius 1 is 1.12 bits per heavy atom. The third-order valence-electron chi connectivity index (χ3n) is 6.29. The Bertz CT molecular complexity index is 1250. The fourth-order valence-corrected chi connectivity index (χ4v) is 4.59. The number of anilines is 2. The van der Waals surface area contributed by atoms with Crippen molar-refractivity contribution in [3.8, 4) is 11.4 Å². The first-order chi connectivity index (χ1) is 16.6. The van der Waals surface area contributed by atoms with Crippen LogP contribution in [-0.4, -0.2) is 51.1 Å². The van der Waals surface area contributed by atoms with Gasteiger partial charge in [0.25, 0.3) is 0 Å². The predicted octanol–water partition coefficient (Wildman–Crippen LogP) is 4.16. The molecule has 3 heterocycles. The summed E-state index contributed by atoms with van der Waals surface area (Å²) in [4.78, 5) is 7.39. The van der Waals surface area contributed by atoms with Gasteiger partial charge in [-0.3, -0.25) is 5.10 Å². The first-order valence-corrected chi connectivity index (χ1v) is 12.0. The van der Waals surface area contributed by atoms with E-state index < -0.39 is 0 Å². The molecule has 4 aromatic rings. The number of hydrogen-bond donors (Lipinski definition) is 3. The smallest absolute Gasteiger partial charge is 0.192 e. The quantitative estimate of drug-likeness (QED) is 0.384. The summed E-state index contributed by atoms with van der Waals surface area (Å²) in [6.07, 6.45) is 1.13. The predicted molar refractivity (Wildman–Crippen MR) is 137 cm³/mol. The molecule has 5 rings (SSSR count). The van der Waals surface area contributed by atoms with Gasteiger partial charge in [-0.15, -0.1) is 10.2 Å². The fourth-order valence-electron chi connectivity index (χ4n) is 4.59. The molecule has 0 saturated carbocycles. The Kier molecular flexibility index (Phi) is 6.40. The number of rotatable bonds is 7. The highest BCUT2D eigenvalue weighted by atomic mass is 15.3. The SMILES string of the molecule is Cc1n[nH]c2ccc(-c3nnc(NCc4ccccc4)c(N4CCN[C@@H](CC(C)C)C4)n3)cc12. The highest BCUT2D eigenvalue weighted by Crippen LogP contribution is 2.28. The van der Waals surface area contributed by atoms with Gasteiger partial charge in [0, 0.05) is 43.2 Å². The van der Waals surface area contributed by atoms with Crippen LogP contribution in [0.15, 0.2) is 48.5 Å². The van der Waals surface area contributed by atoms with Gasteiger partial charge in [0.15, 0.2) is 17.5 Å². The summed E-state index contributed by atoms with van der Waals surface area (Å²) in [5.74, 6) is 2.84. The minimum Gasteiger partial charge on any atom is -0.361 e. The molecule has 3 N–H and O–H groups in total. The zero-order chi connectivity index (χ0) is 23.5. The average molecular weight is 457 g/mol. The lowest BCUT2D eigenvalue weighted by molar-refractivity contribution is 0.387. The molecule has 0 spiro atoms. The van der Waals surface area contributed by atoms with Gasteiger partial charge in [0.2, 0.25) is 0 Å². The first-order valence-electron chi connectivity index (χ1n) is 12.0. The highest BCUT2D eigenvalue weighted by molar-refractivity contribution is 5.85. The molecule has 0 aliphatic carbocycles. The maximum absolute atomic E-state index is 5.04. The first kappa shape index (κ1) is 22.3. The summed E-state index contributed by atoms with van der Waals surface area (Å²) in [7, 11) is 0. The molecular weight excluding hydrogens is 424 g/mol. The Hall–Kier alpha value is -3.52. The summed E-state index contributed by atoms with van der Waals surface area (Å²) in [6, 6.07) is 16.9. The van der Waals surface area contributed by atoms with Gasteiger partial charge in [-0.05, 0) is 43.0 Å². The lowest BCUT2D eigenvalue weighted by atomic mass is 10.0. The zero-order valence-electron chi connectivity index (χ0n) is 20.0. The number of piperazine rings is 1. The molecular formula is C26H32N8. The van der Waals surface area contributed by atoms with Crippen molar-refractivity contribution < 1.29 is 0 Å². The van der Waals surface area contributed by atoms with Crippen molar-refractivity contribution in [2.45, 2.75) is 39.8 Å². The van der Waals surface area contributed by atoms with Gasteiger partial charge in [0.1, 0.15) is 0 Å². The van der Waals surface area contributed by atoms with Crippen LogP contribution in [0, 0.1) is 12.8 Å². The van der Waals surface area contributed by atoms with Crippen molar-refractivity contribution in [1.82, 2.24) is 30.7 Å². The lowest BCUT2D eigenvalue weighted by Gasteiger charge is -2.35. The molecule has 0 radical (unpaired) electrons. The summed E-state index contributed by atoms with van der Waals surface area (Å²) >= 11 is 0. The standard InChI is InChI=1S/C26H32N8/c1-17(2)13-21-16-34(12-11-27-21)26-25(28-15-19-7-5-4-6-8-19)33-32-24(29-26)20-9-10-23-22(14-20)18(3)30-31-23/h4-10,14,17,21,27H,11-13,15-16H2,1-3H3,(H,28,33)(H,30,31)/t21-/m0/s1. The maximum atomic E-state index is 5.04. The maximum Gasteiger partial charge on any atom is 0.192 e. The molecule has 8 heteroatoms. The van der Waals surface area contributed by atoms with Crippen LogP contribution in [0.3, 0.4) is 0 Å². The summed E-state index contributed by atoms with van der Waals surface area (Å²) in [5.41, 5.74) is 4.10. The zero-order valence-corrected chi connectivity index (χ0v) is 20.0. The van der Waals surface area contributed by atoms with E-state index in [4.69, 9.17) is 4.98 Å². The van der Waals surface area contributed by atoms with Crippen LogP contribution in [0.2, 0.25) is 0 Å². The molecule has 1 atom stereocenters. The molecule has 0 bridgehead atoms. The average Bonchev–Trinajstić information content (AvgIpc) is 3.23. The summed E-state index contributed by atoms with van der Waals surface area (Å²) < 4.78 is 0. The monoisotopic (exact) mass is 456 g/mol. The molecule has 1 aliphatic heterocycles. The fraction of sp³-hybridized carbons (Fsp3) is 0.385. The molecule has 1 fully saturated rings. The van der Waals surface area contributed by atoms with E-state index in [1.165, 1.54) is 5.56 Å². The molecule has 176 valence electrons. The third-order valence-corrected chi connectivity index (χ3v) is 6.29. The molecule has 0 amide bonds. The number of aromatic amines is 1. The highest BCUT2D eigenvalue weighted by Gasteiger charge is 2.25. The molecule has 2 aromatic heterocycles. The van der Waals surface area contributed by atoms with E-state index in [0.717, 1.165) is 59.9 Å². The van der Waals surface area contributed by atoms with Gasteiger partial charge >= 0.3 is 0 Å². The van der Waals surface area contributed by atoms with Crippen molar-refractivity contribution in [1.29, 1.82) is 0 Å².